The van der Waals surface area contributed by atoms with Gasteiger partial charge in [-0.3, -0.25) is 4.79 Å². The zero-order valence-electron chi connectivity index (χ0n) is 7.59. The molecule has 4 aliphatic rings. The molecule has 0 spiro atoms. The van der Waals surface area contributed by atoms with E-state index in [1.807, 2.05) is 0 Å². The summed E-state index contributed by atoms with van der Waals surface area (Å²) in [6.07, 6.45) is 3.50. The largest absolute Gasteiger partial charge is 0.459 e. The van der Waals surface area contributed by atoms with E-state index in [0.29, 0.717) is 11.8 Å². The molecule has 4 unspecified atom stereocenters. The lowest BCUT2D eigenvalue weighted by Crippen LogP contribution is -2.56. The smallest absolute Gasteiger partial charge is 0.313 e. The zero-order chi connectivity index (χ0) is 8.56. The molecular formula is C10H14O2. The van der Waals surface area contributed by atoms with E-state index in [1.54, 1.807) is 0 Å². The first-order valence-corrected chi connectivity index (χ1v) is 4.81. The van der Waals surface area contributed by atoms with Gasteiger partial charge in [-0.25, -0.2) is 0 Å². The zero-order valence-corrected chi connectivity index (χ0v) is 7.59. The quantitative estimate of drug-likeness (QED) is 0.512. The van der Waals surface area contributed by atoms with E-state index < -0.39 is 0 Å². The minimum atomic E-state index is -0.0966. The molecule has 3 aliphatic carbocycles. The summed E-state index contributed by atoms with van der Waals surface area (Å²) in [5.41, 5.74) is -0.187. The van der Waals surface area contributed by atoms with Crippen LogP contribution in [0.1, 0.15) is 33.1 Å². The summed E-state index contributed by atoms with van der Waals surface area (Å²) in [7, 11) is 0. The number of fused-ring (bicyclic) bond motifs is 1. The molecule has 4 rings (SSSR count). The van der Waals surface area contributed by atoms with Crippen LogP contribution in [0.5, 0.6) is 0 Å². The van der Waals surface area contributed by atoms with Gasteiger partial charge in [0.15, 0.2) is 0 Å². The maximum Gasteiger partial charge on any atom is 0.313 e. The van der Waals surface area contributed by atoms with Crippen molar-refractivity contribution in [3.63, 3.8) is 0 Å². The van der Waals surface area contributed by atoms with E-state index in [0.717, 1.165) is 6.42 Å². The Morgan fingerprint density at radius 2 is 2.25 bits per heavy atom. The molecule has 1 aliphatic heterocycles. The van der Waals surface area contributed by atoms with E-state index in [-0.39, 0.29) is 17.0 Å². The van der Waals surface area contributed by atoms with Gasteiger partial charge < -0.3 is 4.74 Å². The third kappa shape index (κ3) is 0.459. The molecule has 4 atom stereocenters. The summed E-state index contributed by atoms with van der Waals surface area (Å²) < 4.78 is 5.49. The van der Waals surface area contributed by atoms with Gasteiger partial charge in [0.2, 0.25) is 0 Å². The highest BCUT2D eigenvalue weighted by Crippen LogP contribution is 2.68. The molecular weight excluding hydrogens is 152 g/mol. The molecule has 3 saturated carbocycles. The average Bonchev–Trinajstić information content (AvgIpc) is 2.08. The van der Waals surface area contributed by atoms with Crippen molar-refractivity contribution in [2.45, 2.75) is 38.7 Å². The van der Waals surface area contributed by atoms with Gasteiger partial charge >= 0.3 is 5.97 Å². The third-order valence-corrected chi connectivity index (χ3v) is 4.58. The van der Waals surface area contributed by atoms with Gasteiger partial charge in [-0.1, -0.05) is 0 Å². The van der Waals surface area contributed by atoms with Gasteiger partial charge in [0.05, 0.1) is 5.41 Å². The van der Waals surface area contributed by atoms with Crippen LogP contribution in [0, 0.1) is 17.3 Å². The molecule has 0 N–H and O–H groups in total. The van der Waals surface area contributed by atoms with Gasteiger partial charge in [-0.05, 0) is 39.0 Å². The molecule has 0 amide bonds. The Morgan fingerprint density at radius 1 is 1.50 bits per heavy atom. The Hall–Kier alpha value is -0.530. The maximum absolute atomic E-state index is 11.6. The van der Waals surface area contributed by atoms with Crippen molar-refractivity contribution in [2.75, 3.05) is 0 Å². The molecule has 1 saturated heterocycles. The topological polar surface area (TPSA) is 26.3 Å². The molecule has 4 bridgehead atoms. The lowest BCUT2D eigenvalue weighted by molar-refractivity contribution is -0.152. The number of rotatable bonds is 0. The SMILES string of the molecule is CC12CCC3CC1C3(C)C(=O)O2. The van der Waals surface area contributed by atoms with E-state index in [9.17, 15) is 4.79 Å². The van der Waals surface area contributed by atoms with Crippen molar-refractivity contribution in [1.82, 2.24) is 0 Å². The van der Waals surface area contributed by atoms with Crippen LogP contribution in [-0.4, -0.2) is 11.6 Å². The third-order valence-electron chi connectivity index (χ3n) is 4.58. The summed E-state index contributed by atoms with van der Waals surface area (Å²) >= 11 is 0. The van der Waals surface area contributed by atoms with E-state index in [1.165, 1.54) is 12.8 Å². The molecule has 0 aromatic rings. The van der Waals surface area contributed by atoms with Crippen LogP contribution in [0.4, 0.5) is 0 Å². The summed E-state index contributed by atoms with van der Waals surface area (Å²) in [4.78, 5) is 11.6. The monoisotopic (exact) mass is 166 g/mol. The van der Waals surface area contributed by atoms with Crippen molar-refractivity contribution in [3.8, 4) is 0 Å². The van der Waals surface area contributed by atoms with Crippen molar-refractivity contribution >= 4 is 5.97 Å². The minimum absolute atomic E-state index is 0.0729. The van der Waals surface area contributed by atoms with Crippen LogP contribution in [0.15, 0.2) is 0 Å². The van der Waals surface area contributed by atoms with E-state index >= 15 is 0 Å². The highest BCUT2D eigenvalue weighted by Gasteiger charge is 2.72. The number of hydrogen-bond acceptors (Lipinski definition) is 2. The molecule has 12 heavy (non-hydrogen) atoms. The Labute approximate surface area is 72.3 Å². The van der Waals surface area contributed by atoms with Gasteiger partial charge in [0.25, 0.3) is 0 Å². The fraction of sp³-hybridized carbons (Fsp3) is 0.900. The van der Waals surface area contributed by atoms with Crippen LogP contribution in [-0.2, 0) is 9.53 Å². The predicted molar refractivity (Wildman–Crippen MR) is 43.4 cm³/mol. The van der Waals surface area contributed by atoms with Crippen LogP contribution in [0.3, 0.4) is 0 Å². The van der Waals surface area contributed by atoms with Gasteiger partial charge in [0, 0.05) is 5.92 Å². The van der Waals surface area contributed by atoms with Crippen LogP contribution < -0.4 is 0 Å². The Balaban J connectivity index is 2.13. The number of carbonyl (C=O) groups is 1. The number of carbonyl (C=O) groups excluding carboxylic acids is 1. The molecule has 1 heterocycles. The lowest BCUT2D eigenvalue weighted by atomic mass is 9.45. The molecule has 0 aromatic carbocycles. The second-order valence-corrected chi connectivity index (χ2v) is 5.01. The van der Waals surface area contributed by atoms with Crippen molar-refractivity contribution in [2.24, 2.45) is 17.3 Å². The summed E-state index contributed by atoms with van der Waals surface area (Å²) in [5.74, 6) is 1.23. The van der Waals surface area contributed by atoms with Crippen molar-refractivity contribution < 1.29 is 9.53 Å². The fourth-order valence-electron chi connectivity index (χ4n) is 3.59. The van der Waals surface area contributed by atoms with Crippen LogP contribution >= 0.6 is 0 Å². The first-order chi connectivity index (χ1) is 5.57. The standard InChI is InChI=1S/C10H14O2/c1-9-4-3-6-5-7(9)10(6,2)8(11)12-9/h6-7H,3-5H2,1-2H3. The first-order valence-electron chi connectivity index (χ1n) is 4.81. The molecule has 0 radical (unpaired) electrons. The van der Waals surface area contributed by atoms with E-state index in [2.05, 4.69) is 13.8 Å². The maximum atomic E-state index is 11.6. The molecule has 2 nitrogen and oxygen atoms in total. The normalized spacial score (nSPS) is 61.0. The number of esters is 1. The lowest BCUT2D eigenvalue weighted by Gasteiger charge is -2.55. The minimum Gasteiger partial charge on any atom is -0.459 e. The van der Waals surface area contributed by atoms with E-state index in [4.69, 9.17) is 4.74 Å². The molecule has 4 fully saturated rings. The Kier molecular flexibility index (Phi) is 0.906. The highest BCUT2D eigenvalue weighted by atomic mass is 16.6. The summed E-state index contributed by atoms with van der Waals surface area (Å²) in [6, 6.07) is 0. The van der Waals surface area contributed by atoms with Crippen molar-refractivity contribution in [1.29, 1.82) is 0 Å². The average molecular weight is 166 g/mol. The van der Waals surface area contributed by atoms with Gasteiger partial charge in [0.1, 0.15) is 5.60 Å². The second kappa shape index (κ2) is 1.57. The highest BCUT2D eigenvalue weighted by molar-refractivity contribution is 5.82. The Bertz CT molecular complexity index is 271. The summed E-state index contributed by atoms with van der Waals surface area (Å²) in [6.45, 7) is 4.20. The number of hydrogen-bond donors (Lipinski definition) is 0. The van der Waals surface area contributed by atoms with Gasteiger partial charge in [-0.2, -0.15) is 0 Å². The van der Waals surface area contributed by atoms with Crippen LogP contribution in [0.2, 0.25) is 0 Å². The molecule has 2 heteroatoms. The molecule has 66 valence electrons. The first kappa shape index (κ1) is 6.93. The fourth-order valence-corrected chi connectivity index (χ4v) is 3.59. The summed E-state index contributed by atoms with van der Waals surface area (Å²) in [5, 5.41) is 0. The molecule has 0 aromatic heterocycles. The Morgan fingerprint density at radius 3 is 2.75 bits per heavy atom. The van der Waals surface area contributed by atoms with Crippen LogP contribution in [0.25, 0.3) is 0 Å². The van der Waals surface area contributed by atoms with Gasteiger partial charge in [-0.15, -0.1) is 0 Å². The predicted octanol–water partition coefficient (Wildman–Crippen LogP) is 1.74. The second-order valence-electron chi connectivity index (χ2n) is 5.01. The van der Waals surface area contributed by atoms with Crippen molar-refractivity contribution in [3.05, 3.63) is 0 Å². The number of ether oxygens (including phenoxy) is 1.